The number of likely N-dealkylation sites (tertiary alicyclic amines) is 1. The number of fused-ring (bicyclic) bond motifs is 1. The van der Waals surface area contributed by atoms with Crippen LogP contribution in [0.5, 0.6) is 0 Å². The Labute approximate surface area is 187 Å². The molecule has 9 heteroatoms. The van der Waals surface area contributed by atoms with Gasteiger partial charge in [0.2, 0.25) is 11.8 Å². The van der Waals surface area contributed by atoms with E-state index in [2.05, 4.69) is 20.4 Å². The lowest BCUT2D eigenvalue weighted by molar-refractivity contribution is -0.136. The Morgan fingerprint density at radius 3 is 2.56 bits per heavy atom. The largest absolute Gasteiger partial charge is 0.314 e. The Morgan fingerprint density at radius 2 is 1.78 bits per heavy atom. The van der Waals surface area contributed by atoms with Crippen molar-refractivity contribution in [3.05, 3.63) is 34.9 Å². The Bertz CT molecular complexity index is 958. The maximum Gasteiger partial charge on any atom is 0.262 e. The molecule has 0 spiro atoms. The maximum absolute atomic E-state index is 13.3. The zero-order valence-corrected chi connectivity index (χ0v) is 18.1. The van der Waals surface area contributed by atoms with Crippen molar-refractivity contribution >= 4 is 23.6 Å². The summed E-state index contributed by atoms with van der Waals surface area (Å²) in [7, 11) is 0. The number of hydrogen-bond acceptors (Lipinski definition) is 7. The van der Waals surface area contributed by atoms with Crippen molar-refractivity contribution in [2.24, 2.45) is 0 Å². The lowest BCUT2D eigenvalue weighted by atomic mass is 9.99. The molecule has 2 atom stereocenters. The average Bonchev–Trinajstić information content (AvgIpc) is 3.06. The fraction of sp³-hybridized carbons (Fsp3) is 0.565. The van der Waals surface area contributed by atoms with E-state index in [1.165, 1.54) is 6.42 Å². The molecule has 9 nitrogen and oxygen atoms in total. The first-order chi connectivity index (χ1) is 15.5. The minimum Gasteiger partial charge on any atom is -0.314 e. The van der Waals surface area contributed by atoms with Crippen LogP contribution in [0.2, 0.25) is 0 Å². The van der Waals surface area contributed by atoms with E-state index in [0.717, 1.165) is 56.2 Å². The molecule has 4 aliphatic rings. The summed E-state index contributed by atoms with van der Waals surface area (Å²) in [4.78, 5) is 56.2. The van der Waals surface area contributed by atoms with Crippen LogP contribution in [-0.4, -0.2) is 89.7 Å². The number of piperidine rings is 2. The smallest absolute Gasteiger partial charge is 0.262 e. The van der Waals surface area contributed by atoms with Gasteiger partial charge in [-0.3, -0.25) is 39.2 Å². The summed E-state index contributed by atoms with van der Waals surface area (Å²) in [6.07, 6.45) is 2.59. The van der Waals surface area contributed by atoms with Gasteiger partial charge in [0.15, 0.2) is 0 Å². The fourth-order valence-electron chi connectivity index (χ4n) is 5.48. The molecule has 0 bridgehead atoms. The van der Waals surface area contributed by atoms with Gasteiger partial charge in [0.1, 0.15) is 6.04 Å². The second-order valence-electron chi connectivity index (χ2n) is 9.10. The highest BCUT2D eigenvalue weighted by Crippen LogP contribution is 2.31. The summed E-state index contributed by atoms with van der Waals surface area (Å²) in [6, 6.07) is 4.96. The predicted octanol–water partition coefficient (Wildman–Crippen LogP) is -0.0426. The monoisotopic (exact) mass is 439 g/mol. The van der Waals surface area contributed by atoms with Crippen molar-refractivity contribution in [1.82, 2.24) is 25.3 Å². The Kier molecular flexibility index (Phi) is 5.79. The summed E-state index contributed by atoms with van der Waals surface area (Å²) in [6.45, 7) is 6.69. The van der Waals surface area contributed by atoms with Crippen molar-refractivity contribution in [2.45, 2.75) is 44.3 Å². The quantitative estimate of drug-likeness (QED) is 0.635. The highest BCUT2D eigenvalue weighted by atomic mass is 16.2. The molecule has 1 aromatic rings. The number of nitrogens with zero attached hydrogens (tertiary/aromatic N) is 3. The third-order valence-electron chi connectivity index (χ3n) is 7.10. The Hall–Kier alpha value is -2.62. The summed E-state index contributed by atoms with van der Waals surface area (Å²) < 4.78 is 0. The van der Waals surface area contributed by atoms with Gasteiger partial charge in [-0.05, 0) is 37.4 Å². The number of nitrogens with one attached hydrogen (secondary N) is 2. The number of piperazine rings is 1. The van der Waals surface area contributed by atoms with Crippen molar-refractivity contribution < 1.29 is 19.2 Å². The fourth-order valence-corrected chi connectivity index (χ4v) is 5.48. The third kappa shape index (κ3) is 3.85. The van der Waals surface area contributed by atoms with Crippen LogP contribution in [0.25, 0.3) is 0 Å². The van der Waals surface area contributed by atoms with Crippen LogP contribution < -0.4 is 10.6 Å². The van der Waals surface area contributed by atoms with Crippen molar-refractivity contribution in [2.75, 3.05) is 39.3 Å². The molecule has 0 radical (unpaired) electrons. The first-order valence-corrected chi connectivity index (χ1v) is 11.5. The van der Waals surface area contributed by atoms with Crippen LogP contribution in [0, 0.1) is 0 Å². The molecular formula is C23H29N5O4. The molecule has 4 aliphatic heterocycles. The van der Waals surface area contributed by atoms with Crippen LogP contribution in [0.4, 0.5) is 0 Å². The van der Waals surface area contributed by atoms with Crippen LogP contribution in [0.15, 0.2) is 18.2 Å². The van der Waals surface area contributed by atoms with E-state index in [1.807, 2.05) is 12.1 Å². The molecule has 2 N–H and O–H groups in total. The van der Waals surface area contributed by atoms with Gasteiger partial charge in [-0.25, -0.2) is 0 Å². The standard InChI is InChI=1S/C23H29N5O4/c29-19-7-6-18(21(30)25-19)28-22(31)17-5-1-3-15(20(17)23(28)32)13-26-10-2-4-16(14-26)27-11-8-24-9-12-27/h1,3,5,16,18,24H,2,4,6-14H2,(H,25,29,30). The minimum atomic E-state index is -0.931. The topological polar surface area (TPSA) is 102 Å². The number of hydrogen-bond donors (Lipinski definition) is 2. The second-order valence-corrected chi connectivity index (χ2v) is 9.10. The van der Waals surface area contributed by atoms with E-state index in [-0.39, 0.29) is 18.7 Å². The second kappa shape index (κ2) is 8.73. The van der Waals surface area contributed by atoms with E-state index >= 15 is 0 Å². The molecule has 4 heterocycles. The molecule has 32 heavy (non-hydrogen) atoms. The highest BCUT2D eigenvalue weighted by molar-refractivity contribution is 6.24. The lowest BCUT2D eigenvalue weighted by Gasteiger charge is -2.41. The number of imide groups is 2. The van der Waals surface area contributed by atoms with Crippen LogP contribution in [0.3, 0.4) is 0 Å². The predicted molar refractivity (Wildman–Crippen MR) is 116 cm³/mol. The van der Waals surface area contributed by atoms with Crippen LogP contribution in [-0.2, 0) is 16.1 Å². The van der Waals surface area contributed by atoms with Crippen molar-refractivity contribution in [3.8, 4) is 0 Å². The number of rotatable bonds is 4. The van der Waals surface area contributed by atoms with Gasteiger partial charge in [0.05, 0.1) is 11.1 Å². The molecule has 0 saturated carbocycles. The van der Waals surface area contributed by atoms with E-state index in [4.69, 9.17) is 0 Å². The molecule has 2 unspecified atom stereocenters. The van der Waals surface area contributed by atoms with E-state index in [1.54, 1.807) is 6.07 Å². The van der Waals surface area contributed by atoms with E-state index < -0.39 is 23.8 Å². The van der Waals surface area contributed by atoms with Gasteiger partial charge in [-0.1, -0.05) is 12.1 Å². The average molecular weight is 440 g/mol. The molecule has 3 saturated heterocycles. The Balaban J connectivity index is 1.34. The molecule has 5 rings (SSSR count). The van der Waals surface area contributed by atoms with E-state index in [9.17, 15) is 19.2 Å². The summed E-state index contributed by atoms with van der Waals surface area (Å²) in [5, 5.41) is 5.65. The number of carbonyl (C=O) groups excluding carboxylic acids is 4. The summed E-state index contributed by atoms with van der Waals surface area (Å²) in [5.41, 5.74) is 1.59. The van der Waals surface area contributed by atoms with E-state index in [0.29, 0.717) is 23.7 Å². The molecule has 0 aromatic heterocycles. The lowest BCUT2D eigenvalue weighted by Crippen LogP contribution is -2.54. The summed E-state index contributed by atoms with van der Waals surface area (Å²) >= 11 is 0. The SMILES string of the molecule is O=C1CCC(N2C(=O)c3cccc(CN4CCCC(N5CCNCC5)C4)c3C2=O)C(=O)N1. The maximum atomic E-state index is 13.3. The zero-order valence-electron chi connectivity index (χ0n) is 18.1. The first kappa shape index (κ1) is 21.2. The highest BCUT2D eigenvalue weighted by Gasteiger charge is 2.45. The molecule has 3 fully saturated rings. The zero-order chi connectivity index (χ0) is 22.2. The summed E-state index contributed by atoms with van der Waals surface area (Å²) in [5.74, 6) is -1.82. The number of amides is 4. The van der Waals surface area contributed by atoms with Crippen molar-refractivity contribution in [1.29, 1.82) is 0 Å². The number of carbonyl (C=O) groups is 4. The Morgan fingerprint density at radius 1 is 0.969 bits per heavy atom. The molecule has 170 valence electrons. The molecule has 1 aromatic carbocycles. The van der Waals surface area contributed by atoms with Gasteiger partial charge < -0.3 is 5.32 Å². The van der Waals surface area contributed by atoms with Gasteiger partial charge >= 0.3 is 0 Å². The van der Waals surface area contributed by atoms with Gasteiger partial charge in [-0.15, -0.1) is 0 Å². The number of benzene rings is 1. The van der Waals surface area contributed by atoms with Crippen LogP contribution >= 0.6 is 0 Å². The normalized spacial score (nSPS) is 27.6. The molecular weight excluding hydrogens is 410 g/mol. The van der Waals surface area contributed by atoms with Gasteiger partial charge in [-0.2, -0.15) is 0 Å². The van der Waals surface area contributed by atoms with Gasteiger partial charge in [0.25, 0.3) is 11.8 Å². The van der Waals surface area contributed by atoms with Crippen molar-refractivity contribution in [3.63, 3.8) is 0 Å². The minimum absolute atomic E-state index is 0.123. The van der Waals surface area contributed by atoms with Crippen LogP contribution in [0.1, 0.15) is 52.0 Å². The third-order valence-corrected chi connectivity index (χ3v) is 7.10. The molecule has 4 amide bonds. The molecule has 0 aliphatic carbocycles. The van der Waals surface area contributed by atoms with Gasteiger partial charge in [0, 0.05) is 51.7 Å². The first-order valence-electron chi connectivity index (χ1n) is 11.5.